The number of hydrogen-bond acceptors (Lipinski definition) is 2. The molecule has 0 bridgehead atoms. The van der Waals surface area contributed by atoms with Crippen LogP contribution in [0.2, 0.25) is 0 Å². The number of rotatable bonds is 0. The van der Waals surface area contributed by atoms with Crippen LogP contribution < -0.4 is 18.9 Å². The van der Waals surface area contributed by atoms with E-state index in [4.69, 9.17) is 11.4 Å². The third-order valence-corrected chi connectivity index (χ3v) is 0. The minimum absolute atomic E-state index is 0. The van der Waals surface area contributed by atoms with Gasteiger partial charge >= 0.3 is 45.6 Å². The van der Waals surface area contributed by atoms with Gasteiger partial charge < -0.3 is 1.43 Å². The van der Waals surface area contributed by atoms with Gasteiger partial charge in [0.25, 0.3) is 0 Å². The first-order valence-electron chi connectivity index (χ1n) is 0.565. The van der Waals surface area contributed by atoms with Crippen LogP contribution in [-0.2, 0) is 39.5 Å². The second kappa shape index (κ2) is 9.54. The van der Waals surface area contributed by atoms with Crippen molar-refractivity contribution < 1.29 is 63.8 Å². The zero-order valence-corrected chi connectivity index (χ0v) is 5.48. The molecule has 0 aliphatic rings. The van der Waals surface area contributed by atoms with E-state index in [1.165, 1.54) is 0 Å². The fourth-order valence-electron chi connectivity index (χ4n) is 0. The Bertz CT molecular complexity index is 63.3. The van der Waals surface area contributed by atoms with Crippen LogP contribution >= 0.6 is 0 Å². The van der Waals surface area contributed by atoms with Gasteiger partial charge in [0, 0.05) is 16.8 Å². The van der Waals surface area contributed by atoms with Crippen molar-refractivity contribution in [2.24, 2.45) is 0 Å². The van der Waals surface area contributed by atoms with E-state index in [2.05, 4.69) is 0 Å². The molecular formula is H2CoLiO3V. The Labute approximate surface area is 63.7 Å². The summed E-state index contributed by atoms with van der Waals surface area (Å²) in [5, 5.41) is 0. The van der Waals surface area contributed by atoms with Crippen LogP contribution in [0.25, 0.3) is 0 Å². The molecule has 0 unspecified atom stereocenters. The molecule has 6 heteroatoms. The van der Waals surface area contributed by atoms with Crippen LogP contribution in [0.4, 0.5) is 0 Å². The van der Waals surface area contributed by atoms with Crippen molar-refractivity contribution in [1.29, 1.82) is 0 Å². The molecule has 0 saturated carbocycles. The molecule has 6 heavy (non-hydrogen) atoms. The van der Waals surface area contributed by atoms with Crippen molar-refractivity contribution in [3.05, 3.63) is 0 Å². The summed E-state index contributed by atoms with van der Waals surface area (Å²) in [6, 6.07) is 0. The first-order valence-corrected chi connectivity index (χ1v) is 2.33. The van der Waals surface area contributed by atoms with Crippen LogP contribution in [0.15, 0.2) is 0 Å². The van der Waals surface area contributed by atoms with Crippen molar-refractivity contribution in [3.63, 3.8) is 0 Å². The van der Waals surface area contributed by atoms with Gasteiger partial charge in [-0.05, 0) is 0 Å². The van der Waals surface area contributed by atoms with Crippen LogP contribution in [-0.4, -0.2) is 4.03 Å². The summed E-state index contributed by atoms with van der Waals surface area (Å²) >= 11 is -3.69. The van der Waals surface area contributed by atoms with E-state index >= 15 is 0 Å². The Morgan fingerprint density at radius 2 is 1.50 bits per heavy atom. The molecule has 0 fully saturated rings. The first kappa shape index (κ1) is 15.7. The summed E-state index contributed by atoms with van der Waals surface area (Å²) in [6.45, 7) is 0. The zero-order chi connectivity index (χ0) is 3.58. The molecule has 35 valence electrons. The average Bonchev–Trinajstić information content (AvgIpc) is 0.811. The van der Waals surface area contributed by atoms with E-state index in [0.717, 1.165) is 0 Å². The molecule has 0 aliphatic heterocycles. The Hall–Kier alpha value is 1.25. The summed E-state index contributed by atoms with van der Waals surface area (Å²) in [5.74, 6) is 0. The number of hydrogen-bond donors (Lipinski definition) is 1. The standard InChI is InChI=1S/Co.Li.H2O.2O.V.H/h;;1H2;;;;/q;+1;;;;+1;-1/p-1. The summed E-state index contributed by atoms with van der Waals surface area (Å²) in [4.78, 5) is 0. The molecule has 0 aromatic carbocycles. The van der Waals surface area contributed by atoms with Gasteiger partial charge in [-0.3, -0.25) is 0 Å². The van der Waals surface area contributed by atoms with Crippen LogP contribution in [0.5, 0.6) is 0 Å². The van der Waals surface area contributed by atoms with E-state index in [9.17, 15) is 0 Å². The summed E-state index contributed by atoms with van der Waals surface area (Å²) < 4.78 is 24.4. The van der Waals surface area contributed by atoms with E-state index < -0.39 is 15.4 Å². The Kier molecular flexibility index (Phi) is 24.9. The first-order chi connectivity index (χ1) is 1.73. The van der Waals surface area contributed by atoms with Gasteiger partial charge in [-0.25, -0.2) is 0 Å². The molecule has 0 aromatic rings. The molecule has 0 heterocycles. The molecule has 0 aliphatic carbocycles. The molecule has 3 nitrogen and oxygen atoms in total. The minimum atomic E-state index is -3.69. The predicted molar refractivity (Wildman–Crippen MR) is 4.70 cm³/mol. The van der Waals surface area contributed by atoms with E-state index in [-0.39, 0.29) is 37.1 Å². The summed E-state index contributed by atoms with van der Waals surface area (Å²) in [6.07, 6.45) is 0. The second-order valence-corrected chi connectivity index (χ2v) is 0.981. The predicted octanol–water partition coefficient (Wildman–Crippen LogP) is -3.68. The molecule has 0 aromatic heterocycles. The average molecular weight is 167 g/mol. The van der Waals surface area contributed by atoms with Crippen molar-refractivity contribution >= 4 is 0 Å². The third-order valence-electron chi connectivity index (χ3n) is 0. The normalized spacial score (nSPS) is 4.17. The van der Waals surface area contributed by atoms with Gasteiger partial charge in [0.15, 0.2) is 0 Å². The maximum atomic E-state index is 8.67. The second-order valence-electron chi connectivity index (χ2n) is 0.238. The maximum absolute atomic E-state index is 8.67. The van der Waals surface area contributed by atoms with Gasteiger partial charge in [0.05, 0.1) is 0 Å². The van der Waals surface area contributed by atoms with E-state index in [1.54, 1.807) is 0 Å². The zero-order valence-electron chi connectivity index (χ0n) is 4.04. The molecule has 1 N–H and O–H groups in total. The SMILES string of the molecule is [Co].[H-].[Li+].[O]=[V](=[O])[OH]. The fraction of sp³-hybridized carbons (Fsp3) is 0. The monoisotopic (exact) mass is 167 g/mol. The topological polar surface area (TPSA) is 54.4 Å². The van der Waals surface area contributed by atoms with Crippen molar-refractivity contribution in [2.45, 2.75) is 0 Å². The van der Waals surface area contributed by atoms with Crippen LogP contribution in [0, 0.1) is 0 Å². The molecule has 0 atom stereocenters. The van der Waals surface area contributed by atoms with Gasteiger partial charge in [-0.15, -0.1) is 0 Å². The summed E-state index contributed by atoms with van der Waals surface area (Å²) in [7, 11) is 0. The molecule has 0 spiro atoms. The summed E-state index contributed by atoms with van der Waals surface area (Å²) in [5.41, 5.74) is 0. The van der Waals surface area contributed by atoms with Crippen molar-refractivity contribution in [2.75, 3.05) is 0 Å². The Morgan fingerprint density at radius 3 is 1.50 bits per heavy atom. The van der Waals surface area contributed by atoms with Gasteiger partial charge in [-0.1, -0.05) is 0 Å². The molecule has 1 radical (unpaired) electrons. The Morgan fingerprint density at radius 1 is 1.50 bits per heavy atom. The molecular weight excluding hydrogens is 165 g/mol. The van der Waals surface area contributed by atoms with Gasteiger partial charge in [-0.2, -0.15) is 0 Å². The van der Waals surface area contributed by atoms with Crippen LogP contribution in [0.1, 0.15) is 1.43 Å². The third kappa shape index (κ3) is 60.8. The quantitative estimate of drug-likeness (QED) is 0.378. The van der Waals surface area contributed by atoms with Crippen molar-refractivity contribution in [3.8, 4) is 0 Å². The molecule has 0 amide bonds. The van der Waals surface area contributed by atoms with Crippen molar-refractivity contribution in [1.82, 2.24) is 0 Å². The molecule has 0 saturated heterocycles. The Balaban J connectivity index is -0.0000000150. The van der Waals surface area contributed by atoms with Gasteiger partial charge in [0.2, 0.25) is 0 Å². The molecule has 0 rings (SSSR count). The van der Waals surface area contributed by atoms with Crippen LogP contribution in [0.3, 0.4) is 0 Å². The van der Waals surface area contributed by atoms with E-state index in [0.29, 0.717) is 0 Å². The fourth-order valence-corrected chi connectivity index (χ4v) is 0. The van der Waals surface area contributed by atoms with E-state index in [1.807, 2.05) is 0 Å². The van der Waals surface area contributed by atoms with Gasteiger partial charge in [0.1, 0.15) is 0 Å².